The molecule has 0 spiro atoms. The third kappa shape index (κ3) is 4.86. The quantitative estimate of drug-likeness (QED) is 0.547. The molecule has 1 aliphatic rings. The van der Waals surface area contributed by atoms with E-state index < -0.39 is 0 Å². The molecule has 0 N–H and O–H groups in total. The molecule has 0 aromatic carbocycles. The topological polar surface area (TPSA) is 30.7 Å². The van der Waals surface area contributed by atoms with E-state index in [9.17, 15) is 0 Å². The molecule has 3 heteroatoms. The predicted molar refractivity (Wildman–Crippen MR) is 107 cm³/mol. The van der Waals surface area contributed by atoms with Gasteiger partial charge in [-0.15, -0.1) is 5.10 Å². The van der Waals surface area contributed by atoms with Gasteiger partial charge in [-0.25, -0.2) is 4.68 Å². The van der Waals surface area contributed by atoms with E-state index in [1.165, 1.54) is 43.5 Å². The number of hydrogen-bond acceptors (Lipinski definition) is 2. The Hall–Kier alpha value is -0.860. The van der Waals surface area contributed by atoms with Gasteiger partial charge < -0.3 is 0 Å². The fourth-order valence-electron chi connectivity index (χ4n) is 4.98. The fraction of sp³-hybridized carbons (Fsp3) is 0.909. The van der Waals surface area contributed by atoms with Gasteiger partial charge in [-0.1, -0.05) is 52.7 Å². The van der Waals surface area contributed by atoms with Gasteiger partial charge in [0, 0.05) is 0 Å². The number of hydrogen-bond donors (Lipinski definition) is 0. The highest BCUT2D eigenvalue weighted by atomic mass is 15.5. The van der Waals surface area contributed by atoms with Gasteiger partial charge in [-0.3, -0.25) is 0 Å². The van der Waals surface area contributed by atoms with Crippen LogP contribution in [-0.2, 0) is 18.4 Å². The van der Waals surface area contributed by atoms with Gasteiger partial charge in [0.05, 0.1) is 16.9 Å². The van der Waals surface area contributed by atoms with Gasteiger partial charge in [0.25, 0.3) is 0 Å². The highest BCUT2D eigenvalue weighted by molar-refractivity contribution is 5.13. The molecule has 1 saturated carbocycles. The van der Waals surface area contributed by atoms with Crippen LogP contribution >= 0.6 is 0 Å². The van der Waals surface area contributed by atoms with E-state index in [-0.39, 0.29) is 5.54 Å². The molecule has 0 radical (unpaired) electrons. The van der Waals surface area contributed by atoms with Gasteiger partial charge in [0.1, 0.15) is 0 Å². The van der Waals surface area contributed by atoms with Crippen LogP contribution in [0.5, 0.6) is 0 Å². The van der Waals surface area contributed by atoms with E-state index in [0.717, 1.165) is 30.6 Å². The summed E-state index contributed by atoms with van der Waals surface area (Å²) in [7, 11) is 0. The van der Waals surface area contributed by atoms with Crippen molar-refractivity contribution in [2.24, 2.45) is 23.2 Å². The minimum Gasteiger partial charge on any atom is -0.244 e. The molecule has 0 saturated heterocycles. The Morgan fingerprint density at radius 2 is 1.64 bits per heavy atom. The lowest BCUT2D eigenvalue weighted by atomic mass is 9.82. The molecule has 0 amide bonds. The lowest BCUT2D eigenvalue weighted by Crippen LogP contribution is -2.25. The standard InChI is InChI=1S/C22H41N3/c1-9-14-22(7,8)15-18-16(10-2)17(18)12-13-20-19(11-3)23-24-25(20)21(4,5)6/h16-18H,9-15H2,1-8H3/t16-,17+,18-/m1/s1. The van der Waals surface area contributed by atoms with Gasteiger partial charge in [-0.05, 0) is 76.0 Å². The summed E-state index contributed by atoms with van der Waals surface area (Å²) in [4.78, 5) is 0. The van der Waals surface area contributed by atoms with E-state index in [1.54, 1.807) is 0 Å². The first-order valence-electron chi connectivity index (χ1n) is 10.6. The van der Waals surface area contributed by atoms with Gasteiger partial charge >= 0.3 is 0 Å². The molecular formula is C22H41N3. The highest BCUT2D eigenvalue weighted by Crippen LogP contribution is 2.56. The SMILES string of the molecule is CCCC(C)(C)C[C@@H]1[C@H](CC)[C@@H]1CCc1c(CC)nnn1C(C)(C)C. The Kier molecular flexibility index (Phi) is 6.38. The summed E-state index contributed by atoms with van der Waals surface area (Å²) >= 11 is 0. The number of aryl methyl sites for hydroxylation is 1. The normalized spacial score (nSPS) is 23.9. The van der Waals surface area contributed by atoms with Crippen molar-refractivity contribution < 1.29 is 0 Å². The van der Waals surface area contributed by atoms with Crippen LogP contribution in [0.1, 0.15) is 98.9 Å². The Bertz CT molecular complexity index is 550. The average molecular weight is 348 g/mol. The first-order valence-corrected chi connectivity index (χ1v) is 10.6. The van der Waals surface area contributed by atoms with Crippen molar-refractivity contribution >= 4 is 0 Å². The minimum atomic E-state index is 0.0198. The Balaban J connectivity index is 2.03. The van der Waals surface area contributed by atoms with Crippen molar-refractivity contribution in [2.75, 3.05) is 0 Å². The molecule has 3 nitrogen and oxygen atoms in total. The summed E-state index contributed by atoms with van der Waals surface area (Å²) in [6.45, 7) is 18.5. The predicted octanol–water partition coefficient (Wildman–Crippen LogP) is 6.02. The minimum absolute atomic E-state index is 0.0198. The number of nitrogens with zero attached hydrogens (tertiary/aromatic N) is 3. The van der Waals surface area contributed by atoms with Gasteiger partial charge in [0.2, 0.25) is 0 Å². The zero-order chi connectivity index (χ0) is 18.8. The van der Waals surface area contributed by atoms with E-state index >= 15 is 0 Å². The summed E-state index contributed by atoms with van der Waals surface area (Å²) in [5.41, 5.74) is 3.10. The van der Waals surface area contributed by atoms with Gasteiger partial charge in [0.15, 0.2) is 0 Å². The highest BCUT2D eigenvalue weighted by Gasteiger charge is 2.49. The molecule has 3 atom stereocenters. The largest absolute Gasteiger partial charge is 0.244 e. The molecule has 0 unspecified atom stereocenters. The van der Waals surface area contributed by atoms with Crippen LogP contribution < -0.4 is 0 Å². The summed E-state index contributed by atoms with van der Waals surface area (Å²) in [5.74, 6) is 2.80. The van der Waals surface area contributed by atoms with Crippen LogP contribution in [0.3, 0.4) is 0 Å². The second-order valence-electron chi connectivity index (χ2n) is 9.98. The van der Waals surface area contributed by atoms with Crippen LogP contribution in [0.15, 0.2) is 0 Å². The van der Waals surface area contributed by atoms with Crippen molar-refractivity contribution in [1.29, 1.82) is 0 Å². The summed E-state index contributed by atoms with van der Waals surface area (Å²) in [6, 6.07) is 0. The fourth-order valence-corrected chi connectivity index (χ4v) is 4.98. The van der Waals surface area contributed by atoms with Crippen molar-refractivity contribution in [2.45, 2.75) is 106 Å². The molecule has 144 valence electrons. The molecule has 0 bridgehead atoms. The first kappa shape index (κ1) is 20.5. The maximum atomic E-state index is 4.47. The van der Waals surface area contributed by atoms with Crippen molar-refractivity contribution in [3.63, 3.8) is 0 Å². The van der Waals surface area contributed by atoms with Gasteiger partial charge in [-0.2, -0.15) is 0 Å². The molecule has 25 heavy (non-hydrogen) atoms. The Morgan fingerprint density at radius 1 is 0.960 bits per heavy atom. The second kappa shape index (κ2) is 7.80. The van der Waals surface area contributed by atoms with E-state index in [0.29, 0.717) is 5.41 Å². The molecular weight excluding hydrogens is 306 g/mol. The van der Waals surface area contributed by atoms with E-state index in [2.05, 4.69) is 70.4 Å². The lowest BCUT2D eigenvalue weighted by molar-refractivity contribution is 0.274. The third-order valence-corrected chi connectivity index (χ3v) is 6.22. The molecule has 1 aliphatic carbocycles. The average Bonchev–Trinajstić information content (AvgIpc) is 2.97. The molecule has 2 rings (SSSR count). The van der Waals surface area contributed by atoms with Crippen LogP contribution in [0.4, 0.5) is 0 Å². The number of rotatable bonds is 9. The maximum Gasteiger partial charge on any atom is 0.0856 e. The lowest BCUT2D eigenvalue weighted by Gasteiger charge is -2.24. The smallest absolute Gasteiger partial charge is 0.0856 e. The summed E-state index contributed by atoms with van der Waals surface area (Å²) < 4.78 is 2.17. The monoisotopic (exact) mass is 347 g/mol. The molecule has 1 fully saturated rings. The van der Waals surface area contributed by atoms with Crippen LogP contribution in [0.2, 0.25) is 0 Å². The Labute approximate surface area is 156 Å². The van der Waals surface area contributed by atoms with Crippen LogP contribution in [0.25, 0.3) is 0 Å². The zero-order valence-corrected chi connectivity index (χ0v) is 18.0. The maximum absolute atomic E-state index is 4.47. The van der Waals surface area contributed by atoms with Crippen molar-refractivity contribution in [3.8, 4) is 0 Å². The molecule has 1 heterocycles. The summed E-state index contributed by atoms with van der Waals surface area (Å²) in [6.07, 6.45) is 8.84. The first-order chi connectivity index (χ1) is 11.6. The molecule has 0 aliphatic heterocycles. The van der Waals surface area contributed by atoms with Crippen molar-refractivity contribution in [1.82, 2.24) is 15.0 Å². The third-order valence-electron chi connectivity index (χ3n) is 6.22. The zero-order valence-electron chi connectivity index (χ0n) is 18.0. The van der Waals surface area contributed by atoms with Crippen LogP contribution in [0, 0.1) is 23.2 Å². The van der Waals surface area contributed by atoms with Crippen LogP contribution in [-0.4, -0.2) is 15.0 Å². The number of aromatic nitrogens is 3. The molecule has 1 aromatic rings. The summed E-state index contributed by atoms with van der Waals surface area (Å²) in [5, 5.41) is 8.92. The van der Waals surface area contributed by atoms with E-state index in [4.69, 9.17) is 0 Å². The van der Waals surface area contributed by atoms with Crippen molar-refractivity contribution in [3.05, 3.63) is 11.4 Å². The second-order valence-corrected chi connectivity index (χ2v) is 9.98. The Morgan fingerprint density at radius 3 is 2.16 bits per heavy atom. The molecule has 1 aromatic heterocycles. The van der Waals surface area contributed by atoms with E-state index in [1.807, 2.05) is 0 Å².